The molecule has 1 N–H and O–H groups in total. The van der Waals surface area contributed by atoms with Crippen molar-refractivity contribution >= 4 is 23.6 Å². The molecule has 2 saturated heterocycles. The first-order chi connectivity index (χ1) is 20.6. The monoisotopic (exact) mass is 605 g/mol. The number of piperidine rings is 2. The highest BCUT2D eigenvalue weighted by molar-refractivity contribution is 6.30. The topological polar surface area (TPSA) is 79.7 Å². The van der Waals surface area contributed by atoms with Crippen LogP contribution in [0.3, 0.4) is 0 Å². The Morgan fingerprint density at radius 3 is 2.35 bits per heavy atom. The number of ether oxygens (including phenoxy) is 1. The maximum absolute atomic E-state index is 13.6. The minimum absolute atomic E-state index is 0.0610. The summed E-state index contributed by atoms with van der Waals surface area (Å²) >= 11 is 6.32. The highest BCUT2D eigenvalue weighted by atomic mass is 35.5. The molecule has 2 aromatic carbocycles. The lowest BCUT2D eigenvalue weighted by Crippen LogP contribution is -2.42. The smallest absolute Gasteiger partial charge is 0.410 e. The highest BCUT2D eigenvalue weighted by Gasteiger charge is 2.32. The Morgan fingerprint density at radius 1 is 1.00 bits per heavy atom. The number of likely N-dealkylation sites (tertiary alicyclic amines) is 2. The molecule has 5 rings (SSSR count). The summed E-state index contributed by atoms with van der Waals surface area (Å²) in [6, 6.07) is 16.3. The Kier molecular flexibility index (Phi) is 9.77. The lowest BCUT2D eigenvalue weighted by Gasteiger charge is -2.34. The minimum Gasteiger partial charge on any atom is -0.444 e. The van der Waals surface area contributed by atoms with Crippen molar-refractivity contribution in [3.05, 3.63) is 82.1 Å². The second kappa shape index (κ2) is 13.5. The van der Waals surface area contributed by atoms with Crippen LogP contribution in [-0.2, 0) is 11.3 Å². The van der Waals surface area contributed by atoms with Gasteiger partial charge in [-0.25, -0.2) is 9.48 Å². The maximum atomic E-state index is 13.6. The van der Waals surface area contributed by atoms with Crippen molar-refractivity contribution in [3.63, 3.8) is 0 Å². The van der Waals surface area contributed by atoms with Crippen molar-refractivity contribution in [3.8, 4) is 5.69 Å². The molecule has 2 aliphatic heterocycles. The highest BCUT2D eigenvalue weighted by Crippen LogP contribution is 2.33. The molecule has 0 atom stereocenters. The molecule has 0 radical (unpaired) electrons. The van der Waals surface area contributed by atoms with Gasteiger partial charge < -0.3 is 15.0 Å². The molecule has 8 nitrogen and oxygen atoms in total. The van der Waals surface area contributed by atoms with Gasteiger partial charge in [-0.1, -0.05) is 47.5 Å². The number of rotatable bonds is 7. The lowest BCUT2D eigenvalue weighted by atomic mass is 9.90. The molecular formula is C34H44ClN5O3. The summed E-state index contributed by atoms with van der Waals surface area (Å²) in [5.74, 6) is 0.410. The quantitative estimate of drug-likeness (QED) is 0.329. The number of halogens is 1. The van der Waals surface area contributed by atoms with Gasteiger partial charge in [-0.05, 0) is 96.1 Å². The SMILES string of the molecule is Cc1ccc(CN2CCC(CNC(=O)c3cnn(-c4cccc(Cl)c4)c3C3CCN(C(=O)OC(C)(C)C)CC3)CC2)cc1. The number of aromatic nitrogens is 2. The van der Waals surface area contributed by atoms with E-state index in [2.05, 4.69) is 46.5 Å². The Labute approximate surface area is 260 Å². The molecule has 0 unspecified atom stereocenters. The normalized spacial score (nSPS) is 17.2. The number of hydrogen-bond donors (Lipinski definition) is 1. The average Bonchev–Trinajstić information content (AvgIpc) is 3.42. The fraction of sp³-hybridized carbons (Fsp3) is 0.500. The van der Waals surface area contributed by atoms with Crippen molar-refractivity contribution in [2.75, 3.05) is 32.7 Å². The number of carbonyl (C=O) groups excluding carboxylic acids is 2. The van der Waals surface area contributed by atoms with Crippen molar-refractivity contribution in [2.45, 2.75) is 71.4 Å². The number of benzene rings is 2. The van der Waals surface area contributed by atoms with Crippen LogP contribution in [0.15, 0.2) is 54.7 Å². The minimum atomic E-state index is -0.540. The number of nitrogens with zero attached hydrogens (tertiary/aromatic N) is 4. The predicted octanol–water partition coefficient (Wildman–Crippen LogP) is 6.59. The Balaban J connectivity index is 1.23. The summed E-state index contributed by atoms with van der Waals surface area (Å²) in [7, 11) is 0. The third-order valence-electron chi connectivity index (χ3n) is 8.42. The molecule has 2 amide bonds. The van der Waals surface area contributed by atoms with Crippen molar-refractivity contribution in [1.29, 1.82) is 0 Å². The van der Waals surface area contributed by atoms with Crippen LogP contribution in [0.25, 0.3) is 5.69 Å². The van der Waals surface area contributed by atoms with Crippen LogP contribution < -0.4 is 5.32 Å². The summed E-state index contributed by atoms with van der Waals surface area (Å²) in [6.07, 6.45) is 4.93. The fourth-order valence-corrected chi connectivity index (χ4v) is 6.22. The van der Waals surface area contributed by atoms with Crippen LogP contribution >= 0.6 is 11.6 Å². The summed E-state index contributed by atoms with van der Waals surface area (Å²) in [6.45, 7) is 12.5. The van der Waals surface area contributed by atoms with Crippen LogP contribution in [0.4, 0.5) is 4.79 Å². The van der Waals surface area contributed by atoms with Gasteiger partial charge >= 0.3 is 6.09 Å². The molecule has 3 aromatic rings. The first-order valence-electron chi connectivity index (χ1n) is 15.4. The van der Waals surface area contributed by atoms with Gasteiger partial charge in [0.1, 0.15) is 5.60 Å². The largest absolute Gasteiger partial charge is 0.444 e. The number of hydrogen-bond acceptors (Lipinski definition) is 5. The van der Waals surface area contributed by atoms with E-state index in [4.69, 9.17) is 16.3 Å². The second-order valence-electron chi connectivity index (χ2n) is 13.0. The maximum Gasteiger partial charge on any atom is 0.410 e. The zero-order chi connectivity index (χ0) is 30.6. The van der Waals surface area contributed by atoms with Crippen molar-refractivity contribution < 1.29 is 14.3 Å². The van der Waals surface area contributed by atoms with Crippen LogP contribution in [-0.4, -0.2) is 69.9 Å². The molecule has 43 heavy (non-hydrogen) atoms. The number of aryl methyl sites for hydroxylation is 1. The Bertz CT molecular complexity index is 1400. The molecule has 9 heteroatoms. The van der Waals surface area contributed by atoms with Gasteiger partial charge in [0.05, 0.1) is 23.1 Å². The Morgan fingerprint density at radius 2 is 1.70 bits per heavy atom. The number of carbonyl (C=O) groups is 2. The van der Waals surface area contributed by atoms with Gasteiger partial charge in [0.15, 0.2) is 0 Å². The molecule has 0 aliphatic carbocycles. The van der Waals surface area contributed by atoms with E-state index in [0.29, 0.717) is 49.0 Å². The molecule has 2 fully saturated rings. The zero-order valence-corrected chi connectivity index (χ0v) is 26.6. The molecule has 0 spiro atoms. The van der Waals surface area contributed by atoms with Crippen LogP contribution in [0.2, 0.25) is 5.02 Å². The third-order valence-corrected chi connectivity index (χ3v) is 8.66. The third kappa shape index (κ3) is 8.18. The molecule has 230 valence electrons. The van der Waals surface area contributed by atoms with E-state index in [1.54, 1.807) is 11.1 Å². The van der Waals surface area contributed by atoms with E-state index in [1.807, 2.05) is 49.7 Å². The summed E-state index contributed by atoms with van der Waals surface area (Å²) in [5.41, 5.74) is 4.37. The summed E-state index contributed by atoms with van der Waals surface area (Å²) < 4.78 is 7.43. The van der Waals surface area contributed by atoms with E-state index in [-0.39, 0.29) is 17.9 Å². The van der Waals surface area contributed by atoms with Crippen LogP contribution in [0.1, 0.15) is 79.6 Å². The molecule has 1 aromatic heterocycles. The molecular weight excluding hydrogens is 562 g/mol. The van der Waals surface area contributed by atoms with E-state index in [1.165, 1.54) is 11.1 Å². The molecule has 0 bridgehead atoms. The lowest BCUT2D eigenvalue weighted by molar-refractivity contribution is 0.0203. The van der Waals surface area contributed by atoms with Gasteiger partial charge in [0.2, 0.25) is 0 Å². The first-order valence-corrected chi connectivity index (χ1v) is 15.8. The standard InChI is InChI=1S/C34H44ClN5O3/c1-24-8-10-26(11-9-24)23-38-16-12-25(13-17-38)21-36-32(41)30-22-37-40(29-7-5-6-28(35)20-29)31(30)27-14-18-39(19-15-27)33(42)43-34(2,3)4/h5-11,20,22,25,27H,12-19,21,23H2,1-4H3,(H,36,41). The van der Waals surface area contributed by atoms with E-state index in [0.717, 1.165) is 43.9 Å². The summed E-state index contributed by atoms with van der Waals surface area (Å²) in [4.78, 5) is 30.6. The molecule has 2 aliphatic rings. The van der Waals surface area contributed by atoms with Gasteiger partial charge in [-0.3, -0.25) is 9.69 Å². The number of amides is 2. The zero-order valence-electron chi connectivity index (χ0n) is 25.8. The van der Waals surface area contributed by atoms with Gasteiger partial charge in [-0.15, -0.1) is 0 Å². The van der Waals surface area contributed by atoms with Crippen molar-refractivity contribution in [2.24, 2.45) is 5.92 Å². The molecule has 0 saturated carbocycles. The van der Waals surface area contributed by atoms with Gasteiger partial charge in [0, 0.05) is 37.1 Å². The predicted molar refractivity (Wildman–Crippen MR) is 170 cm³/mol. The number of nitrogens with one attached hydrogen (secondary N) is 1. The van der Waals surface area contributed by atoms with Crippen LogP contribution in [0, 0.1) is 12.8 Å². The van der Waals surface area contributed by atoms with Crippen molar-refractivity contribution in [1.82, 2.24) is 24.9 Å². The average molecular weight is 606 g/mol. The Hall–Kier alpha value is -3.36. The van der Waals surface area contributed by atoms with E-state index < -0.39 is 5.60 Å². The second-order valence-corrected chi connectivity index (χ2v) is 13.4. The summed E-state index contributed by atoms with van der Waals surface area (Å²) in [5, 5.41) is 8.50. The van der Waals surface area contributed by atoms with Gasteiger partial charge in [0.25, 0.3) is 5.91 Å². The first kappa shape index (κ1) is 31.1. The van der Waals surface area contributed by atoms with Crippen LogP contribution in [0.5, 0.6) is 0 Å². The molecule has 3 heterocycles. The van der Waals surface area contributed by atoms with Gasteiger partial charge in [-0.2, -0.15) is 5.10 Å². The van der Waals surface area contributed by atoms with E-state index >= 15 is 0 Å². The van der Waals surface area contributed by atoms with E-state index in [9.17, 15) is 9.59 Å². The fourth-order valence-electron chi connectivity index (χ4n) is 6.03.